The highest BCUT2D eigenvalue weighted by atomic mass is 32.1. The summed E-state index contributed by atoms with van der Waals surface area (Å²) in [6, 6.07) is 0. The quantitative estimate of drug-likeness (QED) is 0.450. The third kappa shape index (κ3) is 4.28. The molecule has 0 aromatic rings. The van der Waals surface area contributed by atoms with Gasteiger partial charge in [0.15, 0.2) is 0 Å². The molecule has 2 heteroatoms. The molecule has 0 aliphatic rings. The van der Waals surface area contributed by atoms with Crippen molar-refractivity contribution in [2.24, 2.45) is 10.9 Å². The average Bonchev–Trinajstić information content (AvgIpc) is 1.82. The van der Waals surface area contributed by atoms with E-state index in [2.05, 4.69) is 31.5 Å². The largest absolute Gasteiger partial charge is 0.265 e. The lowest BCUT2D eigenvalue weighted by Gasteiger charge is -1.99. The minimum absolute atomic E-state index is 0.537. The van der Waals surface area contributed by atoms with E-state index in [4.69, 9.17) is 0 Å². The molecular formula is C7H13NS. The highest BCUT2D eigenvalue weighted by Gasteiger charge is 1.93. The maximum atomic E-state index is 4.10. The summed E-state index contributed by atoms with van der Waals surface area (Å²) in [5.74, 6) is 0.537. The van der Waals surface area contributed by atoms with Crippen LogP contribution in [0.25, 0.3) is 0 Å². The molecule has 0 N–H and O–H groups in total. The lowest BCUT2D eigenvalue weighted by molar-refractivity contribution is 0.878. The first-order valence-electron chi connectivity index (χ1n) is 3.02. The summed E-state index contributed by atoms with van der Waals surface area (Å²) in [5, 5.41) is 1.63. The highest BCUT2D eigenvalue weighted by molar-refractivity contribution is 7.83. The van der Waals surface area contributed by atoms with Crippen LogP contribution >= 0.6 is 12.6 Å². The third-order valence-corrected chi connectivity index (χ3v) is 1.31. The first-order valence-corrected chi connectivity index (χ1v) is 3.53. The summed E-state index contributed by atoms with van der Waals surface area (Å²) >= 11 is 3.88. The molecule has 0 atom stereocenters. The van der Waals surface area contributed by atoms with Gasteiger partial charge in [0.05, 0.1) is 0 Å². The van der Waals surface area contributed by atoms with E-state index in [1.165, 1.54) is 0 Å². The fourth-order valence-corrected chi connectivity index (χ4v) is 0.367. The first-order chi connectivity index (χ1) is 4.18. The van der Waals surface area contributed by atoms with Crippen LogP contribution in [0.2, 0.25) is 0 Å². The van der Waals surface area contributed by atoms with E-state index in [9.17, 15) is 0 Å². The van der Waals surface area contributed by atoms with Crippen LogP contribution in [0.3, 0.4) is 0 Å². The molecule has 0 amide bonds. The van der Waals surface area contributed by atoms with Gasteiger partial charge in [-0.05, 0) is 18.2 Å². The summed E-state index contributed by atoms with van der Waals surface area (Å²) < 4.78 is 0. The minimum Gasteiger partial charge on any atom is -0.265 e. The van der Waals surface area contributed by atoms with E-state index in [0.717, 1.165) is 5.71 Å². The Balaban J connectivity index is 3.84. The van der Waals surface area contributed by atoms with Crippen molar-refractivity contribution < 1.29 is 0 Å². The molecule has 0 fully saturated rings. The number of nitrogens with zero attached hydrogens (tertiary/aromatic N) is 1. The van der Waals surface area contributed by atoms with Crippen molar-refractivity contribution in [2.45, 2.75) is 20.8 Å². The van der Waals surface area contributed by atoms with Crippen molar-refractivity contribution in [1.82, 2.24) is 0 Å². The van der Waals surface area contributed by atoms with E-state index in [1.54, 1.807) is 11.6 Å². The average molecular weight is 143 g/mol. The van der Waals surface area contributed by atoms with Gasteiger partial charge in [0.25, 0.3) is 0 Å². The van der Waals surface area contributed by atoms with Gasteiger partial charge in [0, 0.05) is 11.9 Å². The Labute approximate surface area is 62.3 Å². The Kier molecular flexibility index (Phi) is 4.50. The lowest BCUT2D eigenvalue weighted by atomic mass is 10.1. The molecule has 0 spiro atoms. The summed E-state index contributed by atoms with van der Waals surface area (Å²) in [5.41, 5.74) is 1.14. The lowest BCUT2D eigenvalue weighted by Crippen LogP contribution is -1.99. The van der Waals surface area contributed by atoms with Gasteiger partial charge in [-0.2, -0.15) is 0 Å². The van der Waals surface area contributed by atoms with Crippen LogP contribution in [-0.4, -0.2) is 5.71 Å². The molecule has 0 aliphatic heterocycles. The van der Waals surface area contributed by atoms with Gasteiger partial charge in [-0.1, -0.05) is 13.8 Å². The van der Waals surface area contributed by atoms with Gasteiger partial charge in [0.1, 0.15) is 0 Å². The Bertz CT molecular complexity index is 125. The van der Waals surface area contributed by atoms with Gasteiger partial charge in [-0.3, -0.25) is 4.99 Å². The number of hydrogen-bond donors (Lipinski definition) is 1. The molecule has 0 bridgehead atoms. The van der Waals surface area contributed by atoms with Crippen molar-refractivity contribution in [3.63, 3.8) is 0 Å². The molecule has 0 saturated carbocycles. The zero-order chi connectivity index (χ0) is 7.28. The molecule has 0 saturated heterocycles. The van der Waals surface area contributed by atoms with Crippen LogP contribution in [0.4, 0.5) is 0 Å². The Morgan fingerprint density at radius 2 is 2.11 bits per heavy atom. The van der Waals surface area contributed by atoms with Crippen LogP contribution < -0.4 is 0 Å². The topological polar surface area (TPSA) is 12.4 Å². The second-order valence-electron chi connectivity index (χ2n) is 2.22. The number of aliphatic imine (C=N–C) groups is 1. The van der Waals surface area contributed by atoms with Gasteiger partial charge >= 0.3 is 0 Å². The maximum Gasteiger partial charge on any atom is 0.0327 e. The summed E-state index contributed by atoms with van der Waals surface area (Å²) in [6.07, 6.45) is 1.69. The molecule has 0 heterocycles. The van der Waals surface area contributed by atoms with Gasteiger partial charge in [0.2, 0.25) is 0 Å². The van der Waals surface area contributed by atoms with Crippen molar-refractivity contribution in [1.29, 1.82) is 0 Å². The van der Waals surface area contributed by atoms with Crippen LogP contribution in [0, 0.1) is 5.92 Å². The van der Waals surface area contributed by atoms with Gasteiger partial charge < -0.3 is 0 Å². The van der Waals surface area contributed by atoms with E-state index in [0.29, 0.717) is 5.92 Å². The normalized spacial score (nSPS) is 13.7. The fourth-order valence-electron chi connectivity index (χ4n) is 0.300. The number of rotatable bonds is 2. The van der Waals surface area contributed by atoms with Crippen LogP contribution in [0.5, 0.6) is 0 Å². The molecule has 0 rings (SSSR count). The van der Waals surface area contributed by atoms with Crippen molar-refractivity contribution in [2.75, 3.05) is 0 Å². The molecule has 52 valence electrons. The smallest absolute Gasteiger partial charge is 0.0327 e. The molecular weight excluding hydrogens is 130 g/mol. The first kappa shape index (κ1) is 8.76. The predicted molar refractivity (Wildman–Crippen MR) is 46.1 cm³/mol. The number of thiol groups is 1. The van der Waals surface area contributed by atoms with Crippen LogP contribution in [0.15, 0.2) is 16.6 Å². The van der Waals surface area contributed by atoms with Crippen molar-refractivity contribution >= 4 is 18.3 Å². The van der Waals surface area contributed by atoms with Crippen LogP contribution in [-0.2, 0) is 0 Å². The predicted octanol–water partition coefficient (Wildman–Crippen LogP) is 2.50. The van der Waals surface area contributed by atoms with E-state index >= 15 is 0 Å². The maximum absolute atomic E-state index is 4.10. The standard InChI is InChI=1S/C7H13NS/c1-6(2)7(3)8-4-5-9/h4-6,9H,1-3H3/b5-4-,8-7?. The van der Waals surface area contributed by atoms with E-state index < -0.39 is 0 Å². The Morgan fingerprint density at radius 3 is 2.44 bits per heavy atom. The van der Waals surface area contributed by atoms with Crippen LogP contribution in [0.1, 0.15) is 20.8 Å². The second kappa shape index (κ2) is 4.62. The minimum atomic E-state index is 0.537. The third-order valence-electron chi connectivity index (χ3n) is 1.18. The van der Waals surface area contributed by atoms with Gasteiger partial charge in [-0.25, -0.2) is 0 Å². The fraction of sp³-hybridized carbons (Fsp3) is 0.571. The Hall–Kier alpha value is -0.240. The van der Waals surface area contributed by atoms with Crippen molar-refractivity contribution in [3.05, 3.63) is 11.6 Å². The number of hydrogen-bond acceptors (Lipinski definition) is 2. The molecule has 0 aromatic heterocycles. The second-order valence-corrected chi connectivity index (χ2v) is 2.52. The molecule has 0 radical (unpaired) electrons. The van der Waals surface area contributed by atoms with Gasteiger partial charge in [-0.15, -0.1) is 12.6 Å². The summed E-state index contributed by atoms with van der Waals surface area (Å²) in [4.78, 5) is 4.10. The zero-order valence-electron chi connectivity index (χ0n) is 6.13. The zero-order valence-corrected chi connectivity index (χ0v) is 7.02. The monoisotopic (exact) mass is 143 g/mol. The molecule has 0 aromatic carbocycles. The van der Waals surface area contributed by atoms with E-state index in [1.807, 2.05) is 6.92 Å². The SMILES string of the molecule is CC(=N/C=C\S)C(C)C. The van der Waals surface area contributed by atoms with Crippen molar-refractivity contribution in [3.8, 4) is 0 Å². The van der Waals surface area contributed by atoms with E-state index in [-0.39, 0.29) is 0 Å². The highest BCUT2D eigenvalue weighted by Crippen LogP contribution is 1.96. The summed E-state index contributed by atoms with van der Waals surface area (Å²) in [7, 11) is 0. The molecule has 0 aliphatic carbocycles. The summed E-state index contributed by atoms with van der Waals surface area (Å²) in [6.45, 7) is 6.24. The molecule has 9 heavy (non-hydrogen) atoms. The Morgan fingerprint density at radius 1 is 1.56 bits per heavy atom. The molecule has 1 nitrogen and oxygen atoms in total. The molecule has 0 unspecified atom stereocenters.